The molecule has 206 valence electrons. The van der Waals surface area contributed by atoms with Gasteiger partial charge < -0.3 is 10.6 Å². The molecule has 0 radical (unpaired) electrons. The van der Waals surface area contributed by atoms with E-state index in [4.69, 9.17) is 0 Å². The van der Waals surface area contributed by atoms with Crippen molar-refractivity contribution < 1.29 is 14.4 Å². The number of pyridine rings is 1. The van der Waals surface area contributed by atoms with Crippen LogP contribution in [0.5, 0.6) is 0 Å². The van der Waals surface area contributed by atoms with E-state index in [0.717, 1.165) is 16.0 Å². The molecule has 0 aliphatic carbocycles. The van der Waals surface area contributed by atoms with Gasteiger partial charge in [-0.05, 0) is 65.2 Å². The Labute approximate surface area is 248 Å². The molecule has 2 N–H and O–H groups in total. The largest absolute Gasteiger partial charge is 0.321 e. The van der Waals surface area contributed by atoms with Crippen molar-refractivity contribution >= 4 is 41.1 Å². The Morgan fingerprint density at radius 2 is 1.36 bits per heavy atom. The summed E-state index contributed by atoms with van der Waals surface area (Å²) < 4.78 is 0. The number of carbonyl (C=O) groups is 3. The second-order valence-corrected chi connectivity index (χ2v) is 10.3. The van der Waals surface area contributed by atoms with Crippen LogP contribution in [0, 0.1) is 0 Å². The Morgan fingerprint density at radius 1 is 0.690 bits per heavy atom. The molecule has 7 heteroatoms. The van der Waals surface area contributed by atoms with Gasteiger partial charge in [-0.15, -0.1) is 11.8 Å². The molecule has 6 nitrogen and oxygen atoms in total. The van der Waals surface area contributed by atoms with E-state index in [2.05, 4.69) is 15.6 Å². The lowest BCUT2D eigenvalue weighted by molar-refractivity contribution is -0.113. The summed E-state index contributed by atoms with van der Waals surface area (Å²) in [6.45, 7) is 0. The van der Waals surface area contributed by atoms with Gasteiger partial charge in [-0.25, -0.2) is 0 Å². The molecule has 0 bridgehead atoms. The highest BCUT2D eigenvalue weighted by molar-refractivity contribution is 8.00. The van der Waals surface area contributed by atoms with Crippen LogP contribution in [0.15, 0.2) is 144 Å². The summed E-state index contributed by atoms with van der Waals surface area (Å²) in [5.41, 5.74) is 4.58. The molecule has 2 amide bonds. The summed E-state index contributed by atoms with van der Waals surface area (Å²) in [5, 5.41) is 5.55. The fourth-order valence-corrected chi connectivity index (χ4v) is 4.91. The van der Waals surface area contributed by atoms with Crippen molar-refractivity contribution in [3.05, 3.63) is 156 Å². The number of nitrogens with one attached hydrogen (secondary N) is 2. The van der Waals surface area contributed by atoms with Gasteiger partial charge in [-0.2, -0.15) is 0 Å². The first-order chi connectivity index (χ1) is 20.5. The topological polar surface area (TPSA) is 88.2 Å². The zero-order valence-electron chi connectivity index (χ0n) is 22.6. The molecule has 0 atom stereocenters. The molecule has 0 fully saturated rings. The number of rotatable bonds is 10. The molecule has 0 saturated heterocycles. The predicted octanol–water partition coefficient (Wildman–Crippen LogP) is 7.13. The van der Waals surface area contributed by atoms with Crippen molar-refractivity contribution in [1.29, 1.82) is 0 Å². The number of benzene rings is 4. The van der Waals surface area contributed by atoms with E-state index in [-0.39, 0.29) is 11.5 Å². The number of hydrogen-bond acceptors (Lipinski definition) is 5. The van der Waals surface area contributed by atoms with E-state index in [0.29, 0.717) is 28.1 Å². The molecule has 5 rings (SSSR count). The Morgan fingerprint density at radius 3 is 2.02 bits per heavy atom. The molecule has 0 aliphatic heterocycles. The normalized spacial score (nSPS) is 11.0. The second-order valence-electron chi connectivity index (χ2n) is 9.30. The number of carbonyl (C=O) groups excluding carboxylic acids is 3. The van der Waals surface area contributed by atoms with Crippen molar-refractivity contribution in [3.8, 4) is 11.1 Å². The number of Topliss-reactive ketones (excluding diaryl/α,β-unsaturated/α-hetero) is 1. The third kappa shape index (κ3) is 7.68. The number of amides is 2. The van der Waals surface area contributed by atoms with Crippen molar-refractivity contribution in [2.75, 3.05) is 11.1 Å². The fourth-order valence-electron chi connectivity index (χ4n) is 4.11. The van der Waals surface area contributed by atoms with Gasteiger partial charge in [-0.1, -0.05) is 78.9 Å². The minimum absolute atomic E-state index is 0.0383. The van der Waals surface area contributed by atoms with Crippen molar-refractivity contribution in [2.24, 2.45) is 0 Å². The Bertz CT molecular complexity index is 1690. The summed E-state index contributed by atoms with van der Waals surface area (Å²) in [6.07, 6.45) is 4.81. The summed E-state index contributed by atoms with van der Waals surface area (Å²) in [5.74, 6) is -0.541. The molecule has 0 spiro atoms. The average molecular weight is 570 g/mol. The molecule has 0 unspecified atom stereocenters. The van der Waals surface area contributed by atoms with E-state index in [1.54, 1.807) is 67.0 Å². The standard InChI is InChI=1S/C35H27N3O3S/c39-33(28-15-13-27(14-16-28)26-9-3-1-4-10-26)24-42-31-19-17-30(18-20-31)37-35(41)32(22-25-8-7-21-36-23-25)38-34(40)29-11-5-2-6-12-29/h1-23H,24H2,(H,37,41)(H,38,40)/b32-22-. The first-order valence-corrected chi connectivity index (χ1v) is 14.2. The lowest BCUT2D eigenvalue weighted by Gasteiger charge is -2.12. The van der Waals surface area contributed by atoms with Crippen LogP contribution >= 0.6 is 11.8 Å². The van der Waals surface area contributed by atoms with Gasteiger partial charge in [0.15, 0.2) is 5.78 Å². The Kier molecular flexibility index (Phi) is 9.34. The molecule has 0 saturated carbocycles. The zero-order valence-corrected chi connectivity index (χ0v) is 23.4. The maximum Gasteiger partial charge on any atom is 0.272 e. The van der Waals surface area contributed by atoms with Gasteiger partial charge in [0.2, 0.25) is 0 Å². The third-order valence-electron chi connectivity index (χ3n) is 6.32. The van der Waals surface area contributed by atoms with Gasteiger partial charge in [0, 0.05) is 34.1 Å². The van der Waals surface area contributed by atoms with Crippen LogP contribution in [0.4, 0.5) is 5.69 Å². The quantitative estimate of drug-likeness (QED) is 0.106. The summed E-state index contributed by atoms with van der Waals surface area (Å²) in [6, 6.07) is 37.1. The number of thioether (sulfide) groups is 1. The molecule has 42 heavy (non-hydrogen) atoms. The van der Waals surface area contributed by atoms with Crippen LogP contribution in [0.25, 0.3) is 17.2 Å². The predicted molar refractivity (Wildman–Crippen MR) is 168 cm³/mol. The highest BCUT2D eigenvalue weighted by Gasteiger charge is 2.15. The molecular weight excluding hydrogens is 542 g/mol. The van der Waals surface area contributed by atoms with Gasteiger partial charge >= 0.3 is 0 Å². The average Bonchev–Trinajstić information content (AvgIpc) is 3.05. The van der Waals surface area contributed by atoms with Gasteiger partial charge in [0.25, 0.3) is 11.8 Å². The lowest BCUT2D eigenvalue weighted by atomic mass is 10.0. The monoisotopic (exact) mass is 569 g/mol. The minimum Gasteiger partial charge on any atom is -0.321 e. The summed E-state index contributed by atoms with van der Waals surface area (Å²) in [7, 11) is 0. The molecule has 1 heterocycles. The van der Waals surface area contributed by atoms with Crippen LogP contribution in [0.2, 0.25) is 0 Å². The molecule has 0 aliphatic rings. The van der Waals surface area contributed by atoms with E-state index in [1.807, 2.05) is 72.8 Å². The van der Waals surface area contributed by atoms with Crippen LogP contribution in [-0.4, -0.2) is 28.3 Å². The van der Waals surface area contributed by atoms with Crippen LogP contribution in [0.3, 0.4) is 0 Å². The van der Waals surface area contributed by atoms with Crippen LogP contribution in [-0.2, 0) is 4.79 Å². The van der Waals surface area contributed by atoms with Gasteiger partial charge in [0.05, 0.1) is 5.75 Å². The first-order valence-electron chi connectivity index (χ1n) is 13.3. The van der Waals surface area contributed by atoms with Crippen molar-refractivity contribution in [1.82, 2.24) is 10.3 Å². The van der Waals surface area contributed by atoms with E-state index in [9.17, 15) is 14.4 Å². The maximum atomic E-state index is 13.2. The fraction of sp³-hybridized carbons (Fsp3) is 0.0286. The third-order valence-corrected chi connectivity index (χ3v) is 7.33. The molecule has 1 aromatic heterocycles. The number of anilines is 1. The maximum absolute atomic E-state index is 13.2. The second kappa shape index (κ2) is 13.9. The highest BCUT2D eigenvalue weighted by atomic mass is 32.2. The number of ketones is 1. The smallest absolute Gasteiger partial charge is 0.272 e. The van der Waals surface area contributed by atoms with E-state index < -0.39 is 11.8 Å². The molecule has 5 aromatic rings. The van der Waals surface area contributed by atoms with E-state index >= 15 is 0 Å². The number of nitrogens with zero attached hydrogens (tertiary/aromatic N) is 1. The number of aromatic nitrogens is 1. The van der Waals surface area contributed by atoms with Gasteiger partial charge in [0.1, 0.15) is 5.70 Å². The summed E-state index contributed by atoms with van der Waals surface area (Å²) in [4.78, 5) is 43.7. The van der Waals surface area contributed by atoms with Crippen LogP contribution < -0.4 is 10.6 Å². The zero-order chi connectivity index (χ0) is 29.1. The van der Waals surface area contributed by atoms with Crippen molar-refractivity contribution in [2.45, 2.75) is 4.90 Å². The highest BCUT2D eigenvalue weighted by Crippen LogP contribution is 2.24. The molecular formula is C35H27N3O3S. The lowest BCUT2D eigenvalue weighted by Crippen LogP contribution is -2.30. The van der Waals surface area contributed by atoms with Crippen molar-refractivity contribution in [3.63, 3.8) is 0 Å². The Hall–Kier alpha value is -5.27. The summed E-state index contributed by atoms with van der Waals surface area (Å²) >= 11 is 1.43. The first kappa shape index (κ1) is 28.3. The van der Waals surface area contributed by atoms with Crippen LogP contribution in [0.1, 0.15) is 26.3 Å². The SMILES string of the molecule is O=C(Nc1ccc(SCC(=O)c2ccc(-c3ccccc3)cc2)cc1)/C(=C/c1cccnc1)NC(=O)c1ccccc1. The van der Waals surface area contributed by atoms with E-state index in [1.165, 1.54) is 11.8 Å². The minimum atomic E-state index is -0.474. The van der Waals surface area contributed by atoms with Gasteiger partial charge in [-0.3, -0.25) is 19.4 Å². The molecule has 4 aromatic carbocycles. The Balaban J connectivity index is 1.20. The number of hydrogen-bond donors (Lipinski definition) is 2.